The Morgan fingerprint density at radius 2 is 1.26 bits per heavy atom. The minimum absolute atomic E-state index is 0.0295. The summed E-state index contributed by atoms with van der Waals surface area (Å²) >= 11 is 0. The minimum Gasteiger partial charge on any atom is -0.449 e. The molecule has 0 aliphatic carbocycles. The monoisotopic (exact) mass is 541 g/mol. The van der Waals surface area contributed by atoms with Crippen LogP contribution in [-0.4, -0.2) is 25.4 Å². The van der Waals surface area contributed by atoms with E-state index in [9.17, 15) is 31.1 Å². The maximum atomic E-state index is 13.0. The molecule has 38 heavy (non-hydrogen) atoms. The molecule has 0 spiro atoms. The second kappa shape index (κ2) is 11.7. The molecule has 11 heteroatoms. The van der Waals surface area contributed by atoms with Crippen LogP contribution in [0.3, 0.4) is 0 Å². The molecule has 5 nitrogen and oxygen atoms in total. The summed E-state index contributed by atoms with van der Waals surface area (Å²) in [6, 6.07) is 18.3. The quantitative estimate of drug-likeness (QED) is 0.288. The van der Waals surface area contributed by atoms with Gasteiger partial charge >= 0.3 is 18.8 Å². The zero-order valence-corrected chi connectivity index (χ0v) is 20.4. The molecule has 0 heterocycles. The summed E-state index contributed by atoms with van der Waals surface area (Å²) in [4.78, 5) is 13.0. The molecule has 1 N–H and O–H groups in total. The third-order valence-electron chi connectivity index (χ3n) is 5.30. The number of amides is 1. The first-order chi connectivity index (χ1) is 17.8. The highest BCUT2D eigenvalue weighted by Crippen LogP contribution is 2.38. The maximum absolute atomic E-state index is 13.0. The number of carbonyl (C=O) groups excluding carboxylic acids is 1. The van der Waals surface area contributed by atoms with E-state index in [0.29, 0.717) is 5.56 Å². The van der Waals surface area contributed by atoms with Crippen LogP contribution in [0.25, 0.3) is 0 Å². The molecule has 0 saturated carbocycles. The van der Waals surface area contributed by atoms with E-state index < -0.39 is 35.9 Å². The van der Waals surface area contributed by atoms with Crippen molar-refractivity contribution in [3.8, 4) is 11.5 Å². The standard InChI is InChI=1S/C27H25F6NO4/c1-18(2)17-36-24(35)34-25(16-19-8-4-3-5-9-19,20-10-6-12-22(14-20)37-26(28,29)30)21-11-7-13-23(15-21)38-27(31,32)33/h3-15,18H,16-17H2,1-2H3,(H,34,35). The molecule has 1 amide bonds. The Labute approximate surface area is 215 Å². The Hall–Kier alpha value is -3.89. The Bertz CT molecular complexity index is 1150. The fourth-order valence-corrected chi connectivity index (χ4v) is 3.83. The van der Waals surface area contributed by atoms with Crippen LogP contribution >= 0.6 is 0 Å². The van der Waals surface area contributed by atoms with Gasteiger partial charge in [-0.1, -0.05) is 68.4 Å². The molecule has 0 aliphatic heterocycles. The van der Waals surface area contributed by atoms with E-state index >= 15 is 0 Å². The third kappa shape index (κ3) is 8.32. The van der Waals surface area contributed by atoms with E-state index in [-0.39, 0.29) is 30.1 Å². The Morgan fingerprint density at radius 3 is 1.71 bits per heavy atom. The predicted molar refractivity (Wildman–Crippen MR) is 126 cm³/mol. The number of alkyl halides is 6. The summed E-state index contributed by atoms with van der Waals surface area (Å²) in [6.07, 6.45) is -11.0. The third-order valence-corrected chi connectivity index (χ3v) is 5.30. The summed E-state index contributed by atoms with van der Waals surface area (Å²) in [6.45, 7) is 3.64. The molecule has 0 bridgehead atoms. The average molecular weight is 541 g/mol. The second-order valence-electron chi connectivity index (χ2n) is 8.84. The molecule has 0 aromatic heterocycles. The lowest BCUT2D eigenvalue weighted by Crippen LogP contribution is -2.49. The molecule has 0 radical (unpaired) electrons. The van der Waals surface area contributed by atoms with Crippen LogP contribution < -0.4 is 14.8 Å². The zero-order chi connectivity index (χ0) is 28.0. The van der Waals surface area contributed by atoms with Crippen LogP contribution in [0, 0.1) is 5.92 Å². The van der Waals surface area contributed by atoms with Crippen LogP contribution in [0.1, 0.15) is 30.5 Å². The van der Waals surface area contributed by atoms with Gasteiger partial charge in [0.25, 0.3) is 0 Å². The van der Waals surface area contributed by atoms with Gasteiger partial charge in [-0.15, -0.1) is 26.3 Å². The summed E-state index contributed by atoms with van der Waals surface area (Å²) in [5, 5.41) is 2.71. The lowest BCUT2D eigenvalue weighted by atomic mass is 9.78. The van der Waals surface area contributed by atoms with Gasteiger partial charge in [-0.2, -0.15) is 0 Å². The Balaban J connectivity index is 2.22. The number of alkyl carbamates (subject to hydrolysis) is 1. The van der Waals surface area contributed by atoms with E-state index in [1.807, 2.05) is 0 Å². The largest absolute Gasteiger partial charge is 0.573 e. The SMILES string of the molecule is CC(C)COC(=O)NC(Cc1ccccc1)(c1cccc(OC(F)(F)F)c1)c1cccc(OC(F)(F)F)c1. The normalized spacial score (nSPS) is 12.2. The highest BCUT2D eigenvalue weighted by atomic mass is 19.4. The van der Waals surface area contributed by atoms with Gasteiger partial charge in [0.15, 0.2) is 0 Å². The second-order valence-corrected chi connectivity index (χ2v) is 8.84. The van der Waals surface area contributed by atoms with Gasteiger partial charge in [-0.25, -0.2) is 4.79 Å². The first-order valence-electron chi connectivity index (χ1n) is 11.5. The minimum atomic E-state index is -5.00. The summed E-state index contributed by atoms with van der Waals surface area (Å²) < 4.78 is 91.5. The van der Waals surface area contributed by atoms with E-state index in [2.05, 4.69) is 14.8 Å². The van der Waals surface area contributed by atoms with Crippen LogP contribution in [0.4, 0.5) is 31.1 Å². The molecule has 0 unspecified atom stereocenters. The molecule has 0 aliphatic rings. The van der Waals surface area contributed by atoms with Crippen molar-refractivity contribution in [1.82, 2.24) is 5.32 Å². The first-order valence-corrected chi connectivity index (χ1v) is 11.5. The fraction of sp³-hybridized carbons (Fsp3) is 0.296. The Morgan fingerprint density at radius 1 is 0.763 bits per heavy atom. The number of hydrogen-bond donors (Lipinski definition) is 1. The topological polar surface area (TPSA) is 56.8 Å². The van der Waals surface area contributed by atoms with Crippen molar-refractivity contribution in [2.45, 2.75) is 38.5 Å². The van der Waals surface area contributed by atoms with Gasteiger partial charge in [-0.3, -0.25) is 0 Å². The van der Waals surface area contributed by atoms with Crippen LogP contribution in [0.5, 0.6) is 11.5 Å². The number of nitrogens with one attached hydrogen (secondary N) is 1. The van der Waals surface area contributed by atoms with E-state index in [1.54, 1.807) is 44.2 Å². The van der Waals surface area contributed by atoms with Gasteiger partial charge in [0.2, 0.25) is 0 Å². The van der Waals surface area contributed by atoms with Crippen molar-refractivity contribution in [1.29, 1.82) is 0 Å². The van der Waals surface area contributed by atoms with E-state index in [4.69, 9.17) is 4.74 Å². The van der Waals surface area contributed by atoms with Crippen LogP contribution in [-0.2, 0) is 16.7 Å². The van der Waals surface area contributed by atoms with E-state index in [0.717, 1.165) is 24.3 Å². The van der Waals surface area contributed by atoms with Gasteiger partial charge in [-0.05, 0) is 46.9 Å². The first kappa shape index (κ1) is 28.7. The molecule has 0 fully saturated rings. The van der Waals surface area contributed by atoms with Crippen molar-refractivity contribution in [2.75, 3.05) is 6.61 Å². The molecular weight excluding hydrogens is 516 g/mol. The molecular formula is C27H25F6NO4. The highest BCUT2D eigenvalue weighted by Gasteiger charge is 2.39. The molecule has 3 rings (SSSR count). The average Bonchev–Trinajstić information content (AvgIpc) is 2.81. The fourth-order valence-electron chi connectivity index (χ4n) is 3.83. The van der Waals surface area contributed by atoms with Gasteiger partial charge < -0.3 is 19.5 Å². The van der Waals surface area contributed by atoms with Gasteiger partial charge in [0.1, 0.15) is 11.5 Å². The summed E-state index contributed by atoms with van der Waals surface area (Å²) in [5.41, 5.74) is -0.853. The number of rotatable bonds is 9. The maximum Gasteiger partial charge on any atom is 0.573 e. The highest BCUT2D eigenvalue weighted by molar-refractivity contribution is 5.70. The van der Waals surface area contributed by atoms with Crippen molar-refractivity contribution >= 4 is 6.09 Å². The van der Waals surface area contributed by atoms with Crippen molar-refractivity contribution < 1.29 is 45.3 Å². The molecule has 0 saturated heterocycles. The predicted octanol–water partition coefficient (Wildman–Crippen LogP) is 7.35. The van der Waals surface area contributed by atoms with Crippen LogP contribution in [0.15, 0.2) is 78.9 Å². The number of hydrogen-bond acceptors (Lipinski definition) is 4. The molecule has 204 valence electrons. The van der Waals surface area contributed by atoms with Gasteiger partial charge in [0, 0.05) is 6.42 Å². The zero-order valence-electron chi connectivity index (χ0n) is 20.4. The smallest absolute Gasteiger partial charge is 0.449 e. The van der Waals surface area contributed by atoms with Crippen molar-refractivity contribution in [3.05, 3.63) is 95.6 Å². The summed E-state index contributed by atoms with van der Waals surface area (Å²) in [5.74, 6) is -1.18. The van der Waals surface area contributed by atoms with E-state index in [1.165, 1.54) is 24.3 Å². The molecule has 3 aromatic carbocycles. The number of benzene rings is 3. The number of carbonyl (C=O) groups is 1. The van der Waals surface area contributed by atoms with Crippen LogP contribution in [0.2, 0.25) is 0 Å². The number of ether oxygens (including phenoxy) is 3. The van der Waals surface area contributed by atoms with Crippen molar-refractivity contribution in [2.24, 2.45) is 5.92 Å². The number of halogens is 6. The lowest BCUT2D eigenvalue weighted by Gasteiger charge is -2.36. The van der Waals surface area contributed by atoms with Gasteiger partial charge in [0.05, 0.1) is 12.1 Å². The summed E-state index contributed by atoms with van der Waals surface area (Å²) in [7, 11) is 0. The molecule has 0 atom stereocenters. The Kier molecular flexibility index (Phi) is 8.80. The van der Waals surface area contributed by atoms with Crippen molar-refractivity contribution in [3.63, 3.8) is 0 Å². The lowest BCUT2D eigenvalue weighted by molar-refractivity contribution is -0.275. The molecule has 3 aromatic rings.